The minimum Gasteiger partial charge on any atom is -0.478 e. The van der Waals surface area contributed by atoms with Crippen molar-refractivity contribution >= 4 is 12.0 Å². The number of ether oxygens (including phenoxy) is 1. The van der Waals surface area contributed by atoms with E-state index in [1.165, 1.54) is 11.1 Å². The van der Waals surface area contributed by atoms with E-state index in [9.17, 15) is 4.79 Å². The molecule has 0 fully saturated rings. The van der Waals surface area contributed by atoms with E-state index in [0.29, 0.717) is 23.0 Å². The molecule has 0 heterocycles. The highest BCUT2D eigenvalue weighted by Crippen LogP contribution is 2.33. The molecule has 1 N–H and O–H groups in total. The van der Waals surface area contributed by atoms with E-state index in [1.807, 2.05) is 30.3 Å². The predicted octanol–water partition coefficient (Wildman–Crippen LogP) is 7.66. The van der Waals surface area contributed by atoms with Gasteiger partial charge in [0.1, 0.15) is 11.5 Å². The van der Waals surface area contributed by atoms with Gasteiger partial charge in [-0.3, -0.25) is 0 Å². The van der Waals surface area contributed by atoms with Crippen molar-refractivity contribution in [3.63, 3.8) is 0 Å². The van der Waals surface area contributed by atoms with Gasteiger partial charge >= 0.3 is 5.97 Å². The summed E-state index contributed by atoms with van der Waals surface area (Å²) in [5.41, 5.74) is 5.40. The molecule has 0 aliphatic rings. The van der Waals surface area contributed by atoms with Crippen LogP contribution in [0.2, 0.25) is 0 Å². The molecule has 31 heavy (non-hydrogen) atoms. The van der Waals surface area contributed by atoms with Gasteiger partial charge in [0.25, 0.3) is 0 Å². The van der Waals surface area contributed by atoms with Gasteiger partial charge in [-0.05, 0) is 57.9 Å². The minimum atomic E-state index is -0.992. The maximum Gasteiger partial charge on any atom is 0.328 e. The van der Waals surface area contributed by atoms with Crippen LogP contribution in [0.25, 0.3) is 17.2 Å². The largest absolute Gasteiger partial charge is 0.478 e. The van der Waals surface area contributed by atoms with E-state index < -0.39 is 5.97 Å². The maximum atomic E-state index is 11.0. The van der Waals surface area contributed by atoms with Crippen LogP contribution in [0.1, 0.15) is 57.2 Å². The SMILES string of the molecule is CC(C)c1ccc(-c2ccc(/C=C/C(=O)O)c(Oc3ccc(C(C)(C)C)cc3)c2)cc1. The standard InChI is InChI=1S/C28H30O3/c1-19(2)20-6-8-21(9-7-20)23-11-10-22(12-17-27(29)30)26(18-23)31-25-15-13-24(14-16-25)28(3,4)5/h6-19H,1-5H3,(H,29,30)/b17-12+. The molecule has 0 aliphatic carbocycles. The second kappa shape index (κ2) is 9.22. The molecule has 0 saturated carbocycles. The third kappa shape index (κ3) is 5.85. The molecule has 3 nitrogen and oxygen atoms in total. The van der Waals surface area contributed by atoms with Crippen LogP contribution in [0.3, 0.4) is 0 Å². The van der Waals surface area contributed by atoms with Gasteiger partial charge in [0.05, 0.1) is 0 Å². The third-order valence-electron chi connectivity index (χ3n) is 5.28. The molecule has 3 aromatic carbocycles. The minimum absolute atomic E-state index is 0.0655. The van der Waals surface area contributed by atoms with E-state index in [2.05, 4.69) is 71.0 Å². The van der Waals surface area contributed by atoms with Gasteiger partial charge in [-0.25, -0.2) is 4.79 Å². The van der Waals surface area contributed by atoms with Crippen LogP contribution in [-0.2, 0) is 10.2 Å². The van der Waals surface area contributed by atoms with Crippen molar-refractivity contribution in [1.29, 1.82) is 0 Å². The fourth-order valence-corrected chi connectivity index (χ4v) is 3.31. The number of carboxylic acid groups (broad SMARTS) is 1. The van der Waals surface area contributed by atoms with E-state index in [0.717, 1.165) is 17.2 Å². The quantitative estimate of drug-likeness (QED) is 0.421. The van der Waals surface area contributed by atoms with E-state index in [-0.39, 0.29) is 5.41 Å². The fourth-order valence-electron chi connectivity index (χ4n) is 3.31. The molecular formula is C28H30O3. The first kappa shape index (κ1) is 22.4. The summed E-state index contributed by atoms with van der Waals surface area (Å²) < 4.78 is 6.19. The van der Waals surface area contributed by atoms with Gasteiger partial charge in [-0.15, -0.1) is 0 Å². The van der Waals surface area contributed by atoms with Crippen LogP contribution >= 0.6 is 0 Å². The third-order valence-corrected chi connectivity index (χ3v) is 5.28. The van der Waals surface area contributed by atoms with E-state index in [4.69, 9.17) is 9.84 Å². The zero-order valence-electron chi connectivity index (χ0n) is 18.8. The number of carboxylic acids is 1. The smallest absolute Gasteiger partial charge is 0.328 e. The van der Waals surface area contributed by atoms with Gasteiger partial charge in [0.15, 0.2) is 0 Å². The van der Waals surface area contributed by atoms with Crippen molar-refractivity contribution in [3.8, 4) is 22.6 Å². The summed E-state index contributed by atoms with van der Waals surface area (Å²) in [5, 5.41) is 9.04. The van der Waals surface area contributed by atoms with Crippen molar-refractivity contribution in [1.82, 2.24) is 0 Å². The topological polar surface area (TPSA) is 46.5 Å². The lowest BCUT2D eigenvalue weighted by Crippen LogP contribution is -2.10. The van der Waals surface area contributed by atoms with Crippen LogP contribution < -0.4 is 4.74 Å². The molecule has 0 unspecified atom stereocenters. The van der Waals surface area contributed by atoms with Crippen LogP contribution in [0.5, 0.6) is 11.5 Å². The lowest BCUT2D eigenvalue weighted by Gasteiger charge is -2.19. The Morgan fingerprint density at radius 2 is 1.52 bits per heavy atom. The first-order chi connectivity index (χ1) is 14.6. The number of hydrogen-bond acceptors (Lipinski definition) is 2. The highest BCUT2D eigenvalue weighted by molar-refractivity contribution is 5.86. The Bertz CT molecular complexity index is 1070. The molecule has 160 valence electrons. The molecular weight excluding hydrogens is 384 g/mol. The summed E-state index contributed by atoms with van der Waals surface area (Å²) in [6, 6.07) is 22.4. The van der Waals surface area contributed by atoms with Gasteiger partial charge in [0, 0.05) is 11.6 Å². The number of benzene rings is 3. The molecule has 3 aromatic rings. The lowest BCUT2D eigenvalue weighted by molar-refractivity contribution is -0.131. The van der Waals surface area contributed by atoms with Gasteiger partial charge in [0.2, 0.25) is 0 Å². The normalized spacial score (nSPS) is 11.8. The number of rotatable bonds is 6. The van der Waals surface area contributed by atoms with Gasteiger partial charge in [-0.1, -0.05) is 83.1 Å². The fraction of sp³-hybridized carbons (Fsp3) is 0.250. The van der Waals surface area contributed by atoms with Gasteiger partial charge in [-0.2, -0.15) is 0 Å². The highest BCUT2D eigenvalue weighted by atomic mass is 16.5. The molecule has 0 atom stereocenters. The van der Waals surface area contributed by atoms with Crippen molar-refractivity contribution in [2.45, 2.75) is 46.0 Å². The zero-order chi connectivity index (χ0) is 22.6. The molecule has 0 aromatic heterocycles. The Hall–Kier alpha value is -3.33. The predicted molar refractivity (Wildman–Crippen MR) is 128 cm³/mol. The summed E-state index contributed by atoms with van der Waals surface area (Å²) in [4.78, 5) is 11.0. The first-order valence-electron chi connectivity index (χ1n) is 10.6. The molecule has 3 rings (SSSR count). The molecule has 0 saturated heterocycles. The molecule has 0 radical (unpaired) electrons. The maximum absolute atomic E-state index is 11.0. The summed E-state index contributed by atoms with van der Waals surface area (Å²) in [5.74, 6) is 0.818. The van der Waals surface area contributed by atoms with Crippen LogP contribution in [0.4, 0.5) is 0 Å². The van der Waals surface area contributed by atoms with E-state index >= 15 is 0 Å². The van der Waals surface area contributed by atoms with Crippen molar-refractivity contribution in [3.05, 3.63) is 89.5 Å². The van der Waals surface area contributed by atoms with Crippen molar-refractivity contribution < 1.29 is 14.6 Å². The summed E-state index contributed by atoms with van der Waals surface area (Å²) in [6.07, 6.45) is 2.69. The van der Waals surface area contributed by atoms with Crippen LogP contribution in [0.15, 0.2) is 72.8 Å². The monoisotopic (exact) mass is 414 g/mol. The van der Waals surface area contributed by atoms with Crippen molar-refractivity contribution in [2.24, 2.45) is 0 Å². The number of hydrogen-bond donors (Lipinski definition) is 1. The average Bonchev–Trinajstić information content (AvgIpc) is 2.72. The summed E-state index contributed by atoms with van der Waals surface area (Å²) in [7, 11) is 0. The Kier molecular flexibility index (Phi) is 6.65. The first-order valence-corrected chi connectivity index (χ1v) is 10.6. The van der Waals surface area contributed by atoms with Gasteiger partial charge < -0.3 is 9.84 Å². The van der Waals surface area contributed by atoms with Crippen LogP contribution in [-0.4, -0.2) is 11.1 Å². The molecule has 3 heteroatoms. The Morgan fingerprint density at radius 3 is 2.06 bits per heavy atom. The number of carbonyl (C=O) groups is 1. The second-order valence-electron chi connectivity index (χ2n) is 9.08. The Labute approximate surface area is 185 Å². The molecule has 0 aliphatic heterocycles. The van der Waals surface area contributed by atoms with Crippen LogP contribution in [0, 0.1) is 0 Å². The zero-order valence-corrected chi connectivity index (χ0v) is 18.8. The molecule has 0 bridgehead atoms. The number of aliphatic carboxylic acids is 1. The Balaban J connectivity index is 1.96. The highest BCUT2D eigenvalue weighted by Gasteiger charge is 2.14. The molecule has 0 spiro atoms. The molecule has 0 amide bonds. The van der Waals surface area contributed by atoms with E-state index in [1.54, 1.807) is 6.08 Å². The lowest BCUT2D eigenvalue weighted by atomic mass is 9.87. The second-order valence-corrected chi connectivity index (χ2v) is 9.08. The summed E-state index contributed by atoms with van der Waals surface area (Å²) in [6.45, 7) is 10.9. The van der Waals surface area contributed by atoms with Crippen molar-refractivity contribution in [2.75, 3.05) is 0 Å². The summed E-state index contributed by atoms with van der Waals surface area (Å²) >= 11 is 0. The average molecular weight is 415 g/mol. The Morgan fingerprint density at radius 1 is 0.903 bits per heavy atom.